The summed E-state index contributed by atoms with van der Waals surface area (Å²) in [4.78, 5) is 18.9. The first-order valence-corrected chi connectivity index (χ1v) is 7.03. The fourth-order valence-corrected chi connectivity index (χ4v) is 2.85. The van der Waals surface area contributed by atoms with Crippen molar-refractivity contribution in [2.75, 3.05) is 19.7 Å². The van der Waals surface area contributed by atoms with Crippen molar-refractivity contribution in [3.8, 4) is 0 Å². The van der Waals surface area contributed by atoms with Crippen LogP contribution in [-0.4, -0.2) is 40.6 Å². The Morgan fingerprint density at radius 2 is 2.20 bits per heavy atom. The van der Waals surface area contributed by atoms with E-state index in [9.17, 15) is 9.90 Å². The summed E-state index contributed by atoms with van der Waals surface area (Å²) < 4.78 is 0. The number of carbonyl (C=O) groups excluding carboxylic acids is 1. The zero-order valence-electron chi connectivity index (χ0n) is 11.3. The lowest BCUT2D eigenvalue weighted by molar-refractivity contribution is 0.0622. The first kappa shape index (κ1) is 13.1. The van der Waals surface area contributed by atoms with Crippen molar-refractivity contribution in [3.63, 3.8) is 0 Å². The van der Waals surface area contributed by atoms with Gasteiger partial charge in [-0.2, -0.15) is 0 Å². The molecule has 1 atom stereocenters. The number of amides is 1. The van der Waals surface area contributed by atoms with E-state index >= 15 is 0 Å². The van der Waals surface area contributed by atoms with E-state index in [0.29, 0.717) is 12.1 Å². The Morgan fingerprint density at radius 1 is 1.35 bits per heavy atom. The number of aromatic nitrogens is 1. The van der Waals surface area contributed by atoms with Gasteiger partial charge in [-0.15, -0.1) is 0 Å². The van der Waals surface area contributed by atoms with Crippen molar-refractivity contribution in [2.45, 2.75) is 12.8 Å². The van der Waals surface area contributed by atoms with Crippen molar-refractivity contribution in [1.29, 1.82) is 0 Å². The number of nitrogens with zero attached hydrogens (tertiary/aromatic N) is 2. The second-order valence-electron chi connectivity index (χ2n) is 5.32. The van der Waals surface area contributed by atoms with Crippen LogP contribution < -0.4 is 0 Å². The molecule has 1 aromatic carbocycles. The third kappa shape index (κ3) is 2.39. The van der Waals surface area contributed by atoms with Gasteiger partial charge in [0, 0.05) is 31.3 Å². The molecule has 104 valence electrons. The quantitative estimate of drug-likeness (QED) is 0.909. The van der Waals surface area contributed by atoms with Crippen LogP contribution in [0.4, 0.5) is 0 Å². The molecule has 1 aromatic heterocycles. The molecule has 1 aliphatic rings. The molecule has 0 radical (unpaired) electrons. The van der Waals surface area contributed by atoms with Gasteiger partial charge in [0.1, 0.15) is 0 Å². The van der Waals surface area contributed by atoms with Crippen LogP contribution >= 0.6 is 0 Å². The highest BCUT2D eigenvalue weighted by Gasteiger charge is 2.25. The molecule has 2 aromatic rings. The van der Waals surface area contributed by atoms with Crippen LogP contribution in [0.15, 0.2) is 36.5 Å². The van der Waals surface area contributed by atoms with Gasteiger partial charge >= 0.3 is 0 Å². The molecule has 1 N–H and O–H groups in total. The van der Waals surface area contributed by atoms with Crippen molar-refractivity contribution >= 4 is 16.8 Å². The highest BCUT2D eigenvalue weighted by atomic mass is 16.3. The highest BCUT2D eigenvalue weighted by molar-refractivity contribution is 6.05. The first-order valence-electron chi connectivity index (χ1n) is 7.03. The van der Waals surface area contributed by atoms with Gasteiger partial charge < -0.3 is 10.0 Å². The molecule has 1 amide bonds. The second-order valence-corrected chi connectivity index (χ2v) is 5.32. The van der Waals surface area contributed by atoms with Gasteiger partial charge in [0.2, 0.25) is 0 Å². The number of fused-ring (bicyclic) bond motifs is 1. The van der Waals surface area contributed by atoms with Crippen LogP contribution in [0.1, 0.15) is 23.2 Å². The summed E-state index contributed by atoms with van der Waals surface area (Å²) in [5.74, 6) is 0.225. The number of para-hydroxylation sites is 1. The molecule has 1 saturated heterocycles. The lowest BCUT2D eigenvalue weighted by Crippen LogP contribution is -2.41. The Kier molecular flexibility index (Phi) is 3.65. The van der Waals surface area contributed by atoms with E-state index in [-0.39, 0.29) is 18.4 Å². The van der Waals surface area contributed by atoms with E-state index in [1.54, 1.807) is 6.20 Å². The molecule has 4 nitrogen and oxygen atoms in total. The summed E-state index contributed by atoms with van der Waals surface area (Å²) >= 11 is 0. The van der Waals surface area contributed by atoms with Gasteiger partial charge in [0.05, 0.1) is 11.1 Å². The number of hydrogen-bond donors (Lipinski definition) is 1. The molecule has 3 rings (SSSR count). The number of aliphatic hydroxyl groups is 1. The van der Waals surface area contributed by atoms with Crippen LogP contribution in [0, 0.1) is 5.92 Å². The van der Waals surface area contributed by atoms with Crippen LogP contribution in [0.3, 0.4) is 0 Å². The molecular weight excluding hydrogens is 252 g/mol. The monoisotopic (exact) mass is 270 g/mol. The third-order valence-corrected chi connectivity index (χ3v) is 3.93. The van der Waals surface area contributed by atoms with E-state index in [1.165, 1.54) is 0 Å². The fourth-order valence-electron chi connectivity index (χ4n) is 2.85. The van der Waals surface area contributed by atoms with Gasteiger partial charge in [0.15, 0.2) is 0 Å². The summed E-state index contributed by atoms with van der Waals surface area (Å²) in [7, 11) is 0. The molecule has 4 heteroatoms. The summed E-state index contributed by atoms with van der Waals surface area (Å²) in [5, 5.41) is 10.3. The minimum atomic E-state index is 0.0208. The van der Waals surface area contributed by atoms with Crippen molar-refractivity contribution in [2.24, 2.45) is 5.92 Å². The highest BCUT2D eigenvalue weighted by Crippen LogP contribution is 2.21. The van der Waals surface area contributed by atoms with Crippen molar-refractivity contribution in [1.82, 2.24) is 9.88 Å². The van der Waals surface area contributed by atoms with E-state index in [2.05, 4.69) is 4.98 Å². The van der Waals surface area contributed by atoms with Gasteiger partial charge in [-0.1, -0.05) is 18.2 Å². The van der Waals surface area contributed by atoms with Crippen LogP contribution in [-0.2, 0) is 0 Å². The minimum absolute atomic E-state index is 0.0208. The average Bonchev–Trinajstić information content (AvgIpc) is 2.53. The zero-order chi connectivity index (χ0) is 13.9. The lowest BCUT2D eigenvalue weighted by atomic mass is 9.98. The third-order valence-electron chi connectivity index (χ3n) is 3.93. The Hall–Kier alpha value is -1.94. The largest absolute Gasteiger partial charge is 0.396 e. The van der Waals surface area contributed by atoms with E-state index < -0.39 is 0 Å². The molecule has 2 heterocycles. The van der Waals surface area contributed by atoms with Gasteiger partial charge in [0.25, 0.3) is 5.91 Å². The first-order chi connectivity index (χ1) is 9.79. The van der Waals surface area contributed by atoms with Gasteiger partial charge in [-0.25, -0.2) is 0 Å². The number of hydrogen-bond acceptors (Lipinski definition) is 3. The zero-order valence-corrected chi connectivity index (χ0v) is 11.3. The van der Waals surface area contributed by atoms with Crippen LogP contribution in [0.25, 0.3) is 10.9 Å². The maximum absolute atomic E-state index is 12.7. The predicted molar refractivity (Wildman–Crippen MR) is 77.5 cm³/mol. The maximum atomic E-state index is 12.7. The number of aliphatic hydroxyl groups excluding tert-OH is 1. The van der Waals surface area contributed by atoms with Crippen LogP contribution in [0.2, 0.25) is 0 Å². The Balaban J connectivity index is 1.92. The number of likely N-dealkylation sites (tertiary alicyclic amines) is 1. The second kappa shape index (κ2) is 5.59. The Bertz CT molecular complexity index is 621. The number of rotatable bonds is 2. The molecule has 0 spiro atoms. The Labute approximate surface area is 118 Å². The predicted octanol–water partition coefficient (Wildman–Crippen LogP) is 2.08. The van der Waals surface area contributed by atoms with Gasteiger partial charge in [-0.3, -0.25) is 9.78 Å². The molecule has 0 saturated carbocycles. The molecule has 1 fully saturated rings. The SMILES string of the molecule is O=C(c1cccc2cccnc12)N1CCCC(CO)C1. The smallest absolute Gasteiger partial charge is 0.256 e. The van der Waals surface area contributed by atoms with Crippen LogP contribution in [0.5, 0.6) is 0 Å². The summed E-state index contributed by atoms with van der Waals surface area (Å²) in [6.07, 6.45) is 3.66. The summed E-state index contributed by atoms with van der Waals surface area (Å²) in [6, 6.07) is 9.53. The van der Waals surface area contributed by atoms with Gasteiger partial charge in [-0.05, 0) is 30.9 Å². The number of carbonyl (C=O) groups is 1. The van der Waals surface area contributed by atoms with E-state index in [0.717, 1.165) is 30.3 Å². The number of piperidine rings is 1. The normalized spacial score (nSPS) is 19.2. The lowest BCUT2D eigenvalue weighted by Gasteiger charge is -2.32. The number of pyridine rings is 1. The van der Waals surface area contributed by atoms with Crippen molar-refractivity contribution < 1.29 is 9.90 Å². The molecule has 20 heavy (non-hydrogen) atoms. The average molecular weight is 270 g/mol. The minimum Gasteiger partial charge on any atom is -0.396 e. The molecule has 0 bridgehead atoms. The van der Waals surface area contributed by atoms with E-state index in [4.69, 9.17) is 0 Å². The van der Waals surface area contributed by atoms with Crippen molar-refractivity contribution in [3.05, 3.63) is 42.1 Å². The topological polar surface area (TPSA) is 53.4 Å². The molecule has 1 aliphatic heterocycles. The maximum Gasteiger partial charge on any atom is 0.256 e. The summed E-state index contributed by atoms with van der Waals surface area (Å²) in [6.45, 7) is 1.55. The molecular formula is C16H18N2O2. The standard InChI is InChI=1S/C16H18N2O2/c19-11-12-4-3-9-18(10-12)16(20)14-7-1-5-13-6-2-8-17-15(13)14/h1-2,5-8,12,19H,3-4,9-11H2. The number of benzene rings is 1. The fraction of sp³-hybridized carbons (Fsp3) is 0.375. The molecule has 1 unspecified atom stereocenters. The molecule has 0 aliphatic carbocycles. The Morgan fingerprint density at radius 3 is 3.05 bits per heavy atom. The van der Waals surface area contributed by atoms with E-state index in [1.807, 2.05) is 35.2 Å². The summed E-state index contributed by atoms with van der Waals surface area (Å²) in [5.41, 5.74) is 1.41.